The molecule has 1 atom stereocenters. The van der Waals surface area contributed by atoms with Gasteiger partial charge in [0.2, 0.25) is 0 Å². The van der Waals surface area contributed by atoms with E-state index < -0.39 is 5.60 Å². The van der Waals surface area contributed by atoms with Gasteiger partial charge in [0.05, 0.1) is 17.5 Å². The fourth-order valence-electron chi connectivity index (χ4n) is 2.69. The molecule has 0 saturated carbocycles. The predicted molar refractivity (Wildman–Crippen MR) is 82.4 cm³/mol. The van der Waals surface area contributed by atoms with Crippen LogP contribution in [0.1, 0.15) is 29.6 Å². The maximum absolute atomic E-state index is 10.0. The third-order valence-corrected chi connectivity index (χ3v) is 5.30. The van der Waals surface area contributed by atoms with Crippen LogP contribution in [-0.4, -0.2) is 38.7 Å². The van der Waals surface area contributed by atoms with E-state index in [0.29, 0.717) is 18.2 Å². The van der Waals surface area contributed by atoms with Gasteiger partial charge in [-0.1, -0.05) is 11.6 Å². The van der Waals surface area contributed by atoms with Crippen LogP contribution in [0.4, 0.5) is 0 Å². The van der Waals surface area contributed by atoms with Gasteiger partial charge in [-0.25, -0.2) is 9.97 Å². The zero-order chi connectivity index (χ0) is 14.5. The monoisotopic (exact) mass is 311 g/mol. The van der Waals surface area contributed by atoms with Crippen molar-refractivity contribution in [2.75, 3.05) is 13.1 Å². The summed E-state index contributed by atoms with van der Waals surface area (Å²) in [6.07, 6.45) is 0.792. The fourth-order valence-corrected chi connectivity index (χ4v) is 4.12. The van der Waals surface area contributed by atoms with Gasteiger partial charge in [-0.15, -0.1) is 11.3 Å². The molecule has 1 aliphatic rings. The Morgan fingerprint density at radius 3 is 2.80 bits per heavy atom. The van der Waals surface area contributed by atoms with Gasteiger partial charge in [0.25, 0.3) is 0 Å². The number of likely N-dealkylation sites (tertiary alicyclic amines) is 1. The SMILES string of the molecule is Cc1sc2nc(CN3CCC(C)(O)C3)nc(Cl)c2c1C. The number of β-amino-alcohol motifs (C(OH)–C–C–N with tert-alkyl or cyclic N) is 1. The Kier molecular flexibility index (Phi) is 3.49. The predicted octanol–water partition coefficient (Wildman–Crippen LogP) is 2.92. The molecular formula is C14H18ClN3OS. The number of aryl methyl sites for hydroxylation is 2. The van der Waals surface area contributed by atoms with Crippen LogP contribution in [0.3, 0.4) is 0 Å². The molecule has 6 heteroatoms. The highest BCUT2D eigenvalue weighted by atomic mass is 35.5. The molecule has 20 heavy (non-hydrogen) atoms. The molecule has 1 N–H and O–H groups in total. The standard InChI is InChI=1S/C14H18ClN3OS/c1-8-9(2)20-13-11(8)12(15)16-10(17-13)6-18-5-4-14(3,19)7-18/h19H,4-7H2,1-3H3. The van der Waals surface area contributed by atoms with Gasteiger partial charge in [0, 0.05) is 18.0 Å². The topological polar surface area (TPSA) is 49.2 Å². The van der Waals surface area contributed by atoms with Gasteiger partial charge in [-0.05, 0) is 32.8 Å². The quantitative estimate of drug-likeness (QED) is 0.866. The molecule has 3 heterocycles. The minimum atomic E-state index is -0.593. The van der Waals surface area contributed by atoms with Crippen LogP contribution in [-0.2, 0) is 6.54 Å². The summed E-state index contributed by atoms with van der Waals surface area (Å²) in [5.74, 6) is 0.737. The van der Waals surface area contributed by atoms with Gasteiger partial charge in [-0.2, -0.15) is 0 Å². The molecule has 0 spiro atoms. The molecule has 108 valence electrons. The van der Waals surface area contributed by atoms with Crippen LogP contribution < -0.4 is 0 Å². The molecule has 3 rings (SSSR count). The maximum Gasteiger partial charge on any atom is 0.145 e. The summed E-state index contributed by atoms with van der Waals surface area (Å²) < 4.78 is 0. The summed E-state index contributed by atoms with van der Waals surface area (Å²) in [7, 11) is 0. The minimum Gasteiger partial charge on any atom is -0.389 e. The zero-order valence-electron chi connectivity index (χ0n) is 11.9. The van der Waals surface area contributed by atoms with Crippen molar-refractivity contribution in [3.63, 3.8) is 0 Å². The summed E-state index contributed by atoms with van der Waals surface area (Å²) in [5, 5.41) is 11.5. The summed E-state index contributed by atoms with van der Waals surface area (Å²) in [4.78, 5) is 13.4. The molecule has 1 fully saturated rings. The van der Waals surface area contributed by atoms with E-state index in [1.807, 2.05) is 6.92 Å². The van der Waals surface area contributed by atoms with Gasteiger partial charge in [0.1, 0.15) is 15.8 Å². The molecule has 1 unspecified atom stereocenters. The molecule has 0 aromatic carbocycles. The van der Waals surface area contributed by atoms with Crippen LogP contribution in [0, 0.1) is 13.8 Å². The first kappa shape index (κ1) is 14.2. The molecule has 1 saturated heterocycles. The van der Waals surface area contributed by atoms with Crippen molar-refractivity contribution in [1.82, 2.24) is 14.9 Å². The highest BCUT2D eigenvalue weighted by molar-refractivity contribution is 7.18. The van der Waals surface area contributed by atoms with Gasteiger partial charge < -0.3 is 5.11 Å². The van der Waals surface area contributed by atoms with Crippen LogP contribution in [0.15, 0.2) is 0 Å². The van der Waals surface area contributed by atoms with E-state index in [0.717, 1.165) is 29.0 Å². The van der Waals surface area contributed by atoms with E-state index in [1.54, 1.807) is 11.3 Å². The van der Waals surface area contributed by atoms with Crippen molar-refractivity contribution in [3.05, 3.63) is 21.4 Å². The summed E-state index contributed by atoms with van der Waals surface area (Å²) in [5.41, 5.74) is 0.579. The van der Waals surface area contributed by atoms with Gasteiger partial charge in [-0.3, -0.25) is 4.90 Å². The van der Waals surface area contributed by atoms with Crippen molar-refractivity contribution in [2.24, 2.45) is 0 Å². The normalized spacial score (nSPS) is 23.9. The van der Waals surface area contributed by atoms with Crippen LogP contribution >= 0.6 is 22.9 Å². The number of thiophene rings is 1. The third kappa shape index (κ3) is 2.55. The van der Waals surface area contributed by atoms with E-state index >= 15 is 0 Å². The molecule has 0 amide bonds. The Morgan fingerprint density at radius 1 is 1.40 bits per heavy atom. The minimum absolute atomic E-state index is 0.540. The molecular weight excluding hydrogens is 294 g/mol. The molecule has 0 aliphatic carbocycles. The Labute approximate surface area is 127 Å². The third-order valence-electron chi connectivity index (χ3n) is 3.93. The molecule has 4 nitrogen and oxygen atoms in total. The highest BCUT2D eigenvalue weighted by Crippen LogP contribution is 2.33. The van der Waals surface area contributed by atoms with Crippen molar-refractivity contribution < 1.29 is 5.11 Å². The zero-order valence-corrected chi connectivity index (χ0v) is 13.5. The largest absolute Gasteiger partial charge is 0.389 e. The number of rotatable bonds is 2. The number of fused-ring (bicyclic) bond motifs is 1. The Balaban J connectivity index is 1.90. The van der Waals surface area contributed by atoms with Crippen molar-refractivity contribution in [3.8, 4) is 0 Å². The average molecular weight is 312 g/mol. The van der Waals surface area contributed by atoms with Crippen LogP contribution in [0.5, 0.6) is 0 Å². The maximum atomic E-state index is 10.0. The second-order valence-corrected chi connectivity index (χ2v) is 7.41. The number of hydrogen-bond acceptors (Lipinski definition) is 5. The average Bonchev–Trinajstić information content (AvgIpc) is 2.80. The lowest BCUT2D eigenvalue weighted by Gasteiger charge is -2.18. The Hall–Kier alpha value is -0.750. The lowest BCUT2D eigenvalue weighted by Crippen LogP contribution is -2.29. The lowest BCUT2D eigenvalue weighted by atomic mass is 10.1. The number of halogens is 1. The van der Waals surface area contributed by atoms with E-state index in [1.165, 1.54) is 10.4 Å². The second kappa shape index (κ2) is 4.91. The first-order valence-corrected chi connectivity index (χ1v) is 7.92. The fraction of sp³-hybridized carbons (Fsp3) is 0.571. The molecule has 0 bridgehead atoms. The Bertz CT molecular complexity index is 668. The first-order chi connectivity index (χ1) is 9.35. The van der Waals surface area contributed by atoms with Crippen LogP contribution in [0.25, 0.3) is 10.2 Å². The van der Waals surface area contributed by atoms with E-state index in [9.17, 15) is 5.11 Å². The van der Waals surface area contributed by atoms with Crippen molar-refractivity contribution in [2.45, 2.75) is 39.3 Å². The number of nitrogens with zero attached hydrogens (tertiary/aromatic N) is 3. The van der Waals surface area contributed by atoms with Crippen LogP contribution in [0.2, 0.25) is 5.15 Å². The van der Waals surface area contributed by atoms with Gasteiger partial charge in [0.15, 0.2) is 0 Å². The smallest absolute Gasteiger partial charge is 0.145 e. The number of hydrogen-bond donors (Lipinski definition) is 1. The lowest BCUT2D eigenvalue weighted by molar-refractivity contribution is 0.0676. The molecule has 0 radical (unpaired) electrons. The summed E-state index contributed by atoms with van der Waals surface area (Å²) in [6.45, 7) is 8.18. The Morgan fingerprint density at radius 2 is 2.15 bits per heavy atom. The van der Waals surface area contributed by atoms with Crippen molar-refractivity contribution >= 4 is 33.2 Å². The van der Waals surface area contributed by atoms with Gasteiger partial charge >= 0.3 is 0 Å². The van der Waals surface area contributed by atoms with Crippen molar-refractivity contribution in [1.29, 1.82) is 0 Å². The molecule has 2 aromatic rings. The van der Waals surface area contributed by atoms with E-state index in [2.05, 4.69) is 28.7 Å². The first-order valence-electron chi connectivity index (χ1n) is 6.72. The number of aromatic nitrogens is 2. The number of aliphatic hydroxyl groups is 1. The van der Waals surface area contributed by atoms with E-state index in [4.69, 9.17) is 11.6 Å². The second-order valence-electron chi connectivity index (χ2n) is 5.85. The summed E-state index contributed by atoms with van der Waals surface area (Å²) in [6, 6.07) is 0. The summed E-state index contributed by atoms with van der Waals surface area (Å²) >= 11 is 7.97. The molecule has 2 aromatic heterocycles. The highest BCUT2D eigenvalue weighted by Gasteiger charge is 2.31. The van der Waals surface area contributed by atoms with E-state index in [-0.39, 0.29) is 0 Å². The molecule has 1 aliphatic heterocycles.